The van der Waals surface area contributed by atoms with Gasteiger partial charge in [0.1, 0.15) is 0 Å². The quantitative estimate of drug-likeness (QED) is 0.735. The molecule has 0 radical (unpaired) electrons. The lowest BCUT2D eigenvalue weighted by Crippen LogP contribution is -2.22. The van der Waals surface area contributed by atoms with E-state index in [0.717, 1.165) is 12.1 Å². The number of ether oxygens (including phenoxy) is 1. The molecule has 5 heteroatoms. The molecule has 5 nitrogen and oxygen atoms in total. The third kappa shape index (κ3) is 2.09. The van der Waals surface area contributed by atoms with Crippen molar-refractivity contribution in [3.63, 3.8) is 0 Å². The molecule has 88 valence electrons. The van der Waals surface area contributed by atoms with Crippen LogP contribution in [0.3, 0.4) is 0 Å². The van der Waals surface area contributed by atoms with Gasteiger partial charge in [0.15, 0.2) is 0 Å². The molecule has 2 N–H and O–H groups in total. The maximum Gasteiger partial charge on any atom is 0.309 e. The van der Waals surface area contributed by atoms with E-state index >= 15 is 0 Å². The Hall–Kier alpha value is -1.36. The van der Waals surface area contributed by atoms with Gasteiger partial charge in [-0.15, -0.1) is 0 Å². The number of carbonyl (C=O) groups is 1. The number of imidazole rings is 1. The van der Waals surface area contributed by atoms with Crippen LogP contribution in [0.1, 0.15) is 12.1 Å². The van der Waals surface area contributed by atoms with Crippen LogP contribution in [0, 0.1) is 11.8 Å². The smallest absolute Gasteiger partial charge is 0.309 e. The second-order valence-corrected chi connectivity index (χ2v) is 4.27. The Labute approximate surface area is 94.6 Å². The number of rotatable bonds is 4. The molecule has 0 saturated carbocycles. The number of hydrogen-bond donors (Lipinski definition) is 1. The molecule has 0 bridgehead atoms. The van der Waals surface area contributed by atoms with Crippen molar-refractivity contribution in [2.24, 2.45) is 24.6 Å². The molecule has 1 fully saturated rings. The van der Waals surface area contributed by atoms with Crippen molar-refractivity contribution in [2.75, 3.05) is 13.2 Å². The standard InChI is InChI=1S/C11H17N3O2/c1-14-7-13-5-9(14)4-8-6-16-11(15)10(8)2-3-12/h5,7-8,10H,2-4,6,12H2,1H3/t8-,10-/m0/s1. The zero-order chi connectivity index (χ0) is 11.5. The number of hydrogen-bond acceptors (Lipinski definition) is 4. The first-order chi connectivity index (χ1) is 7.72. The molecule has 0 unspecified atom stereocenters. The van der Waals surface area contributed by atoms with E-state index in [1.165, 1.54) is 0 Å². The Morgan fingerprint density at radius 1 is 1.69 bits per heavy atom. The number of esters is 1. The van der Waals surface area contributed by atoms with E-state index in [1.54, 1.807) is 6.33 Å². The Kier molecular flexibility index (Phi) is 3.24. The summed E-state index contributed by atoms with van der Waals surface area (Å²) >= 11 is 0. The van der Waals surface area contributed by atoms with Crippen molar-refractivity contribution < 1.29 is 9.53 Å². The van der Waals surface area contributed by atoms with Gasteiger partial charge in [0, 0.05) is 24.9 Å². The highest BCUT2D eigenvalue weighted by Crippen LogP contribution is 2.27. The summed E-state index contributed by atoms with van der Waals surface area (Å²) in [5, 5.41) is 0. The van der Waals surface area contributed by atoms with Crippen LogP contribution in [0.4, 0.5) is 0 Å². The second kappa shape index (κ2) is 4.65. The highest BCUT2D eigenvalue weighted by molar-refractivity contribution is 5.74. The van der Waals surface area contributed by atoms with E-state index in [9.17, 15) is 4.79 Å². The van der Waals surface area contributed by atoms with Crippen molar-refractivity contribution in [2.45, 2.75) is 12.8 Å². The van der Waals surface area contributed by atoms with Crippen molar-refractivity contribution in [1.29, 1.82) is 0 Å². The van der Waals surface area contributed by atoms with Crippen LogP contribution in [-0.2, 0) is 23.0 Å². The Bertz CT molecular complexity index is 375. The Balaban J connectivity index is 2.04. The fraction of sp³-hybridized carbons (Fsp3) is 0.636. The van der Waals surface area contributed by atoms with Crippen LogP contribution in [0.25, 0.3) is 0 Å². The molecule has 2 rings (SSSR count). The van der Waals surface area contributed by atoms with E-state index in [-0.39, 0.29) is 17.8 Å². The lowest BCUT2D eigenvalue weighted by Gasteiger charge is -2.14. The number of aryl methyl sites for hydroxylation is 1. The SMILES string of the molecule is Cn1cncc1C[C@H]1COC(=O)[C@H]1CCN. The summed E-state index contributed by atoms with van der Waals surface area (Å²) in [6.45, 7) is 1.04. The van der Waals surface area contributed by atoms with Crippen LogP contribution in [0.5, 0.6) is 0 Å². The van der Waals surface area contributed by atoms with Gasteiger partial charge in [0.05, 0.1) is 18.9 Å². The lowest BCUT2D eigenvalue weighted by atomic mass is 9.89. The number of nitrogens with two attached hydrogens (primary N) is 1. The number of cyclic esters (lactones) is 1. The summed E-state index contributed by atoms with van der Waals surface area (Å²) in [5.41, 5.74) is 6.64. The molecular weight excluding hydrogens is 206 g/mol. The minimum atomic E-state index is -0.0994. The third-order valence-electron chi connectivity index (χ3n) is 3.18. The molecule has 1 aliphatic rings. The molecule has 1 aromatic heterocycles. The monoisotopic (exact) mass is 223 g/mol. The van der Waals surface area contributed by atoms with Crippen molar-refractivity contribution >= 4 is 5.97 Å². The first-order valence-corrected chi connectivity index (χ1v) is 5.54. The molecule has 0 spiro atoms. The Morgan fingerprint density at radius 2 is 2.50 bits per heavy atom. The first kappa shape index (κ1) is 11.1. The van der Waals surface area contributed by atoms with E-state index in [2.05, 4.69) is 4.98 Å². The zero-order valence-corrected chi connectivity index (χ0v) is 9.43. The van der Waals surface area contributed by atoms with Gasteiger partial charge in [-0.1, -0.05) is 0 Å². The molecular formula is C11H17N3O2. The zero-order valence-electron chi connectivity index (χ0n) is 9.43. The van der Waals surface area contributed by atoms with Crippen LogP contribution >= 0.6 is 0 Å². The highest BCUT2D eigenvalue weighted by Gasteiger charge is 2.36. The fourth-order valence-electron chi connectivity index (χ4n) is 2.19. The maximum atomic E-state index is 11.5. The Morgan fingerprint density at radius 3 is 3.12 bits per heavy atom. The lowest BCUT2D eigenvalue weighted by molar-refractivity contribution is -0.141. The summed E-state index contributed by atoms with van der Waals surface area (Å²) in [6.07, 6.45) is 5.14. The van der Waals surface area contributed by atoms with Gasteiger partial charge < -0.3 is 15.0 Å². The van der Waals surface area contributed by atoms with Gasteiger partial charge in [-0.25, -0.2) is 4.98 Å². The van der Waals surface area contributed by atoms with Crippen LogP contribution in [0.15, 0.2) is 12.5 Å². The summed E-state index contributed by atoms with van der Waals surface area (Å²) in [5.74, 6) is 0.101. The van der Waals surface area contributed by atoms with Crippen LogP contribution in [-0.4, -0.2) is 28.7 Å². The van der Waals surface area contributed by atoms with Gasteiger partial charge >= 0.3 is 5.97 Å². The second-order valence-electron chi connectivity index (χ2n) is 4.27. The molecule has 0 amide bonds. The molecule has 2 atom stereocenters. The summed E-state index contributed by atoms with van der Waals surface area (Å²) < 4.78 is 7.07. The topological polar surface area (TPSA) is 70.1 Å². The molecule has 0 aliphatic carbocycles. The summed E-state index contributed by atoms with van der Waals surface area (Å²) in [7, 11) is 1.96. The normalized spacial score (nSPS) is 24.8. The highest BCUT2D eigenvalue weighted by atomic mass is 16.5. The van der Waals surface area contributed by atoms with Crippen molar-refractivity contribution in [1.82, 2.24) is 9.55 Å². The number of nitrogens with zero attached hydrogens (tertiary/aromatic N) is 2. The summed E-state index contributed by atoms with van der Waals surface area (Å²) in [6, 6.07) is 0. The van der Waals surface area contributed by atoms with Gasteiger partial charge in [-0.3, -0.25) is 4.79 Å². The molecule has 1 aliphatic heterocycles. The predicted octanol–water partition coefficient (Wildman–Crippen LogP) is 0.101. The van der Waals surface area contributed by atoms with E-state index in [0.29, 0.717) is 19.6 Å². The van der Waals surface area contributed by atoms with Crippen molar-refractivity contribution in [3.05, 3.63) is 18.2 Å². The third-order valence-corrected chi connectivity index (χ3v) is 3.18. The predicted molar refractivity (Wildman–Crippen MR) is 58.5 cm³/mol. The van der Waals surface area contributed by atoms with Crippen LogP contribution in [0.2, 0.25) is 0 Å². The average Bonchev–Trinajstić information content (AvgIpc) is 2.80. The molecule has 0 aromatic carbocycles. The van der Waals surface area contributed by atoms with Gasteiger partial charge in [0.2, 0.25) is 0 Å². The van der Waals surface area contributed by atoms with Crippen LogP contribution < -0.4 is 5.73 Å². The molecule has 2 heterocycles. The molecule has 16 heavy (non-hydrogen) atoms. The van der Waals surface area contributed by atoms with E-state index in [4.69, 9.17) is 10.5 Å². The van der Waals surface area contributed by atoms with E-state index < -0.39 is 0 Å². The van der Waals surface area contributed by atoms with Gasteiger partial charge in [0.25, 0.3) is 0 Å². The first-order valence-electron chi connectivity index (χ1n) is 5.54. The molecule has 1 aromatic rings. The fourth-order valence-corrected chi connectivity index (χ4v) is 2.19. The molecule has 1 saturated heterocycles. The summed E-state index contributed by atoms with van der Waals surface area (Å²) in [4.78, 5) is 15.6. The van der Waals surface area contributed by atoms with Crippen molar-refractivity contribution in [3.8, 4) is 0 Å². The van der Waals surface area contributed by atoms with E-state index in [1.807, 2.05) is 17.8 Å². The largest absolute Gasteiger partial charge is 0.465 e. The number of carbonyl (C=O) groups excluding carboxylic acids is 1. The van der Waals surface area contributed by atoms with Gasteiger partial charge in [-0.05, 0) is 19.4 Å². The minimum absolute atomic E-state index is 0.0418. The minimum Gasteiger partial charge on any atom is -0.465 e. The number of aromatic nitrogens is 2. The average molecular weight is 223 g/mol. The van der Waals surface area contributed by atoms with Gasteiger partial charge in [-0.2, -0.15) is 0 Å². The maximum absolute atomic E-state index is 11.5.